The molecule has 4 heterocycles. The second kappa shape index (κ2) is 12.0. The van der Waals surface area contributed by atoms with Crippen molar-refractivity contribution in [3.8, 4) is 0 Å². The van der Waals surface area contributed by atoms with Crippen LogP contribution in [0.15, 0.2) is 28.5 Å². The molecule has 2 aliphatic rings. The molecule has 1 atom stereocenters. The maximum Gasteiger partial charge on any atom is 0.412 e. The number of nitrogens with zero attached hydrogens (tertiary/aromatic N) is 4. The first-order valence-corrected chi connectivity index (χ1v) is 16.2. The Bertz CT molecular complexity index is 1670. The summed E-state index contributed by atoms with van der Waals surface area (Å²) in [7, 11) is -0.847. The van der Waals surface area contributed by atoms with Gasteiger partial charge in [-0.1, -0.05) is 0 Å². The number of carbonyl (C=O) groups excluding carboxylic acids is 3. The van der Waals surface area contributed by atoms with Gasteiger partial charge in [0.15, 0.2) is 5.01 Å². The number of fused-ring (bicyclic) bond motifs is 2. The Morgan fingerprint density at radius 2 is 1.95 bits per heavy atom. The number of nitrogens with one attached hydrogen (secondary N) is 2. The first-order valence-electron chi connectivity index (χ1n) is 13.1. The zero-order valence-electron chi connectivity index (χ0n) is 23.2. The van der Waals surface area contributed by atoms with Crippen LogP contribution in [0.3, 0.4) is 0 Å². The Morgan fingerprint density at radius 3 is 2.69 bits per heavy atom. The quantitative estimate of drug-likeness (QED) is 0.235. The number of benzene rings is 1. The molecule has 0 aliphatic carbocycles. The van der Waals surface area contributed by atoms with Gasteiger partial charge in [0.25, 0.3) is 15.9 Å². The minimum absolute atomic E-state index is 0.00288. The number of rotatable bonds is 6. The predicted octanol–water partition coefficient (Wildman–Crippen LogP) is 2.11. The third kappa shape index (κ3) is 5.89. The Labute approximate surface area is 250 Å². The Balaban J connectivity index is 1.38. The second-order valence-corrected chi connectivity index (χ2v) is 14.1. The number of thiazole rings is 1. The van der Waals surface area contributed by atoms with Crippen molar-refractivity contribution >= 4 is 66.6 Å². The van der Waals surface area contributed by atoms with Gasteiger partial charge < -0.3 is 19.3 Å². The van der Waals surface area contributed by atoms with Gasteiger partial charge in [0.1, 0.15) is 16.1 Å². The fraction of sp³-hybridized carbons (Fsp3) is 0.423. The number of amides is 2. The molecule has 1 fully saturated rings. The molecule has 2 amide bonds. The van der Waals surface area contributed by atoms with Crippen molar-refractivity contribution in [2.24, 2.45) is 0 Å². The Morgan fingerprint density at radius 1 is 1.17 bits per heavy atom. The van der Waals surface area contributed by atoms with Crippen molar-refractivity contribution in [2.45, 2.75) is 30.1 Å². The maximum absolute atomic E-state index is 13.7. The Kier molecular flexibility index (Phi) is 8.61. The van der Waals surface area contributed by atoms with E-state index in [2.05, 4.69) is 19.9 Å². The highest BCUT2D eigenvalue weighted by atomic mass is 32.2. The molecule has 13 nitrogen and oxygen atoms in total. The molecule has 2 aromatic heterocycles. The van der Waals surface area contributed by atoms with Crippen LogP contribution in [0.4, 0.5) is 4.79 Å². The summed E-state index contributed by atoms with van der Waals surface area (Å²) in [5.74, 6) is -1.28. The SMILES string of the molecule is CCOC(=O)C1CN(S(=O)(=O)c2cc3cc(C(=N)NC(=O)OC)ccc3s2)CCN1C(=O)c1nc2c(s1)CN(C)CC2. The van der Waals surface area contributed by atoms with Crippen molar-refractivity contribution in [2.75, 3.05) is 46.9 Å². The molecule has 1 saturated heterocycles. The van der Waals surface area contributed by atoms with Crippen LogP contribution in [-0.4, -0.2) is 104 Å². The highest BCUT2D eigenvalue weighted by Gasteiger charge is 2.42. The average Bonchev–Trinajstić information content (AvgIpc) is 3.60. The second-order valence-electron chi connectivity index (χ2n) is 9.82. The lowest BCUT2D eigenvalue weighted by Gasteiger charge is -2.38. The number of carbonyl (C=O) groups is 3. The average molecular weight is 635 g/mol. The molecular formula is C26H30N6O7S3. The van der Waals surface area contributed by atoms with E-state index in [9.17, 15) is 22.8 Å². The molecule has 42 heavy (non-hydrogen) atoms. The fourth-order valence-corrected chi connectivity index (χ4v) is 8.97. The van der Waals surface area contributed by atoms with Crippen LogP contribution in [-0.2, 0) is 37.3 Å². The largest absolute Gasteiger partial charge is 0.464 e. The number of piperazine rings is 1. The smallest absolute Gasteiger partial charge is 0.412 e. The summed E-state index contributed by atoms with van der Waals surface area (Å²) in [4.78, 5) is 47.1. The molecule has 3 aromatic rings. The highest BCUT2D eigenvalue weighted by Crippen LogP contribution is 2.33. The van der Waals surface area contributed by atoms with Crippen LogP contribution < -0.4 is 5.32 Å². The van der Waals surface area contributed by atoms with Gasteiger partial charge in [-0.2, -0.15) is 4.31 Å². The number of amidine groups is 1. The zero-order chi connectivity index (χ0) is 30.2. The van der Waals surface area contributed by atoms with Gasteiger partial charge >= 0.3 is 12.1 Å². The summed E-state index contributed by atoms with van der Waals surface area (Å²) < 4.78 is 39.2. The molecular weight excluding hydrogens is 605 g/mol. The monoisotopic (exact) mass is 634 g/mol. The van der Waals surface area contributed by atoms with E-state index in [1.807, 2.05) is 7.05 Å². The number of ether oxygens (including phenoxy) is 2. The van der Waals surface area contributed by atoms with E-state index in [0.29, 0.717) is 22.2 Å². The fourth-order valence-electron chi connectivity index (χ4n) is 4.85. The molecule has 16 heteroatoms. The molecule has 2 aliphatic heterocycles. The number of likely N-dealkylation sites (N-methyl/N-ethyl adjacent to an activating group) is 1. The minimum atomic E-state index is -4.04. The standard InChI is InChI=1S/C26H30N6O7S3/c1-4-39-25(34)18-13-31(9-10-32(18)24(33)23-28-17-7-8-30(2)14-20(17)41-23)42(36,37)21-12-16-11-15(5-6-19(16)40-21)22(27)29-26(35)38-3/h5-6,11-12,18H,4,7-10,13-14H2,1-3H3,(H2,27,29,35). The number of hydrogen-bond acceptors (Lipinski definition) is 12. The van der Waals surface area contributed by atoms with Crippen LogP contribution in [0.5, 0.6) is 0 Å². The van der Waals surface area contributed by atoms with E-state index in [4.69, 9.17) is 10.1 Å². The van der Waals surface area contributed by atoms with Crippen LogP contribution in [0.2, 0.25) is 0 Å². The number of methoxy groups -OCH3 is 1. The molecule has 1 unspecified atom stereocenters. The zero-order valence-corrected chi connectivity index (χ0v) is 25.7. The van der Waals surface area contributed by atoms with Crippen LogP contribution in [0.1, 0.15) is 32.9 Å². The maximum atomic E-state index is 13.7. The first-order chi connectivity index (χ1) is 20.0. The molecule has 224 valence electrons. The van der Waals surface area contributed by atoms with Gasteiger partial charge in [0.2, 0.25) is 0 Å². The van der Waals surface area contributed by atoms with E-state index in [1.165, 1.54) is 33.7 Å². The van der Waals surface area contributed by atoms with Gasteiger partial charge in [-0.3, -0.25) is 15.5 Å². The van der Waals surface area contributed by atoms with Gasteiger partial charge in [0, 0.05) is 54.3 Å². The molecule has 0 bridgehead atoms. The van der Waals surface area contributed by atoms with Crippen LogP contribution >= 0.6 is 22.7 Å². The van der Waals surface area contributed by atoms with E-state index in [-0.39, 0.29) is 41.3 Å². The number of sulfonamides is 1. The summed E-state index contributed by atoms with van der Waals surface area (Å²) in [5.41, 5.74) is 1.26. The summed E-state index contributed by atoms with van der Waals surface area (Å²) in [6, 6.07) is 5.24. The van der Waals surface area contributed by atoms with Crippen molar-refractivity contribution in [3.63, 3.8) is 0 Å². The first kappa shape index (κ1) is 30.0. The van der Waals surface area contributed by atoms with E-state index < -0.39 is 34.0 Å². The molecule has 2 N–H and O–H groups in total. The molecule has 0 saturated carbocycles. The number of aromatic nitrogens is 1. The molecule has 0 radical (unpaired) electrons. The summed E-state index contributed by atoms with van der Waals surface area (Å²) in [5, 5.41) is 11.2. The van der Waals surface area contributed by atoms with Crippen LogP contribution in [0, 0.1) is 5.41 Å². The van der Waals surface area contributed by atoms with E-state index in [0.717, 1.165) is 34.9 Å². The van der Waals surface area contributed by atoms with Crippen molar-refractivity contribution in [1.82, 2.24) is 24.4 Å². The number of alkyl carbamates (subject to hydrolysis) is 1. The van der Waals surface area contributed by atoms with Gasteiger partial charge in [-0.15, -0.1) is 22.7 Å². The highest BCUT2D eigenvalue weighted by molar-refractivity contribution is 7.91. The Hall–Kier alpha value is -3.44. The van der Waals surface area contributed by atoms with Crippen molar-refractivity contribution in [3.05, 3.63) is 45.4 Å². The molecule has 0 spiro atoms. The lowest BCUT2D eigenvalue weighted by molar-refractivity contribution is -0.149. The third-order valence-corrected chi connectivity index (χ3v) is 11.6. The summed E-state index contributed by atoms with van der Waals surface area (Å²) in [6.07, 6.45) is -0.0489. The van der Waals surface area contributed by atoms with E-state index in [1.54, 1.807) is 25.1 Å². The number of thiophene rings is 1. The topological polar surface area (TPSA) is 162 Å². The molecule has 1 aromatic carbocycles. The third-order valence-electron chi connectivity index (χ3n) is 7.06. The van der Waals surface area contributed by atoms with Gasteiger partial charge in [0.05, 0.1) is 19.4 Å². The number of hydrogen-bond donors (Lipinski definition) is 2. The predicted molar refractivity (Wildman–Crippen MR) is 157 cm³/mol. The normalized spacial score (nSPS) is 18.0. The van der Waals surface area contributed by atoms with Gasteiger partial charge in [-0.05, 0) is 43.6 Å². The minimum Gasteiger partial charge on any atom is -0.464 e. The lowest BCUT2D eigenvalue weighted by atomic mass is 10.1. The van der Waals surface area contributed by atoms with Gasteiger partial charge in [-0.25, -0.2) is 23.0 Å². The molecule has 5 rings (SSSR count). The number of esters is 1. The van der Waals surface area contributed by atoms with Crippen molar-refractivity contribution < 1.29 is 32.3 Å². The van der Waals surface area contributed by atoms with Crippen molar-refractivity contribution in [1.29, 1.82) is 5.41 Å². The lowest BCUT2D eigenvalue weighted by Crippen LogP contribution is -2.59. The van der Waals surface area contributed by atoms with E-state index >= 15 is 0 Å². The summed E-state index contributed by atoms with van der Waals surface area (Å²) in [6.45, 7) is 3.01. The summed E-state index contributed by atoms with van der Waals surface area (Å²) >= 11 is 2.36. The van der Waals surface area contributed by atoms with Crippen LogP contribution in [0.25, 0.3) is 10.1 Å².